The van der Waals surface area contributed by atoms with Gasteiger partial charge in [0.1, 0.15) is 0 Å². The van der Waals surface area contributed by atoms with Crippen LogP contribution in [0.15, 0.2) is 78.5 Å². The number of amides is 3. The summed E-state index contributed by atoms with van der Waals surface area (Å²) in [6.45, 7) is 7.84. The minimum Gasteiger partial charge on any atom is -0.463 e. The average molecular weight is 571 g/mol. The van der Waals surface area contributed by atoms with Gasteiger partial charge in [0, 0.05) is 50.5 Å². The van der Waals surface area contributed by atoms with E-state index in [2.05, 4.69) is 16.8 Å². The van der Waals surface area contributed by atoms with E-state index in [0.29, 0.717) is 43.9 Å². The lowest BCUT2D eigenvalue weighted by Crippen LogP contribution is -2.51. The number of rotatable bonds is 8. The SMILES string of the molecule is C=CCN1C(=O)NC(c2ccccc2)C(C(=O)OCC)=C1CN1CCCN(C(=O)c2ccc(C(F)(F)F)cc2)CC1. The Balaban J connectivity index is 1.58. The molecule has 2 heterocycles. The fraction of sp³-hybridized carbons (Fsp3) is 0.367. The maximum absolute atomic E-state index is 13.3. The van der Waals surface area contributed by atoms with Crippen LogP contribution in [0.1, 0.15) is 40.9 Å². The molecule has 218 valence electrons. The Morgan fingerprint density at radius 2 is 1.76 bits per heavy atom. The standard InChI is InChI=1S/C30H33F3N4O4/c1-3-15-37-24(25(28(39)41-4-2)26(34-29(37)40)21-9-6-5-7-10-21)20-35-16-8-17-36(19-18-35)27(38)22-11-13-23(14-12-22)30(31,32)33/h3,5-7,9-14,26H,1,4,8,15-20H2,2H3,(H,34,40). The number of ether oxygens (including phenoxy) is 1. The van der Waals surface area contributed by atoms with Gasteiger partial charge in [0.05, 0.1) is 23.8 Å². The molecule has 41 heavy (non-hydrogen) atoms. The molecule has 1 saturated heterocycles. The van der Waals surface area contributed by atoms with Gasteiger partial charge >= 0.3 is 18.2 Å². The normalized spacial score (nSPS) is 18.5. The van der Waals surface area contributed by atoms with Gasteiger partial charge in [0.15, 0.2) is 0 Å². The average Bonchev–Trinajstić information content (AvgIpc) is 3.20. The van der Waals surface area contributed by atoms with E-state index in [1.165, 1.54) is 17.0 Å². The molecule has 1 N–H and O–H groups in total. The first kappa shape index (κ1) is 29.9. The third-order valence-electron chi connectivity index (χ3n) is 7.09. The van der Waals surface area contributed by atoms with Crippen LogP contribution in [0.2, 0.25) is 0 Å². The molecule has 8 nitrogen and oxygen atoms in total. The van der Waals surface area contributed by atoms with E-state index in [1.807, 2.05) is 30.3 Å². The molecule has 11 heteroatoms. The van der Waals surface area contributed by atoms with Gasteiger partial charge in [0.25, 0.3) is 5.91 Å². The van der Waals surface area contributed by atoms with Gasteiger partial charge in [-0.2, -0.15) is 13.2 Å². The molecular formula is C30H33F3N4O4. The lowest BCUT2D eigenvalue weighted by molar-refractivity contribution is -0.139. The van der Waals surface area contributed by atoms with Crippen LogP contribution in [-0.2, 0) is 15.7 Å². The van der Waals surface area contributed by atoms with E-state index in [4.69, 9.17) is 4.74 Å². The van der Waals surface area contributed by atoms with E-state index >= 15 is 0 Å². The van der Waals surface area contributed by atoms with Crippen molar-refractivity contribution in [2.45, 2.75) is 25.6 Å². The van der Waals surface area contributed by atoms with Crippen LogP contribution >= 0.6 is 0 Å². The summed E-state index contributed by atoms with van der Waals surface area (Å²) < 4.78 is 44.2. The molecule has 4 rings (SSSR count). The van der Waals surface area contributed by atoms with Gasteiger partial charge < -0.3 is 15.0 Å². The quantitative estimate of drug-likeness (QED) is 0.370. The van der Waals surface area contributed by atoms with Crippen molar-refractivity contribution in [1.82, 2.24) is 20.0 Å². The smallest absolute Gasteiger partial charge is 0.416 e. The number of urea groups is 1. The Bertz CT molecular complexity index is 1300. The van der Waals surface area contributed by atoms with E-state index in [9.17, 15) is 27.6 Å². The highest BCUT2D eigenvalue weighted by atomic mass is 19.4. The number of hydrogen-bond acceptors (Lipinski definition) is 5. The topological polar surface area (TPSA) is 82.2 Å². The minimum atomic E-state index is -4.48. The summed E-state index contributed by atoms with van der Waals surface area (Å²) in [4.78, 5) is 44.8. The molecule has 0 radical (unpaired) electrons. The van der Waals surface area contributed by atoms with Gasteiger partial charge in [-0.3, -0.25) is 14.6 Å². The number of nitrogens with zero attached hydrogens (tertiary/aromatic N) is 3. The highest BCUT2D eigenvalue weighted by Crippen LogP contribution is 2.32. The Hall–Kier alpha value is -4.12. The number of hydrogen-bond donors (Lipinski definition) is 1. The van der Waals surface area contributed by atoms with Gasteiger partial charge in [-0.25, -0.2) is 9.59 Å². The molecule has 2 aliphatic heterocycles. The van der Waals surface area contributed by atoms with E-state index < -0.39 is 23.8 Å². The molecule has 1 atom stereocenters. The number of nitrogens with one attached hydrogen (secondary N) is 1. The van der Waals surface area contributed by atoms with Crippen LogP contribution in [0.4, 0.5) is 18.0 Å². The second kappa shape index (κ2) is 13.0. The van der Waals surface area contributed by atoms with Crippen molar-refractivity contribution in [1.29, 1.82) is 0 Å². The van der Waals surface area contributed by atoms with Crippen LogP contribution in [0, 0.1) is 0 Å². The van der Waals surface area contributed by atoms with Crippen LogP contribution < -0.4 is 5.32 Å². The van der Waals surface area contributed by atoms with E-state index in [0.717, 1.165) is 17.7 Å². The second-order valence-electron chi connectivity index (χ2n) is 9.77. The monoisotopic (exact) mass is 570 g/mol. The maximum Gasteiger partial charge on any atom is 0.416 e. The summed E-state index contributed by atoms with van der Waals surface area (Å²) in [5.41, 5.74) is 0.954. The molecule has 1 fully saturated rings. The molecule has 2 aromatic carbocycles. The number of esters is 1. The molecule has 0 spiro atoms. The van der Waals surface area contributed by atoms with Crippen LogP contribution in [0.25, 0.3) is 0 Å². The van der Waals surface area contributed by atoms with Gasteiger partial charge in [-0.05, 0) is 43.2 Å². The Morgan fingerprint density at radius 3 is 2.39 bits per heavy atom. The Morgan fingerprint density at radius 1 is 1.05 bits per heavy atom. The summed E-state index contributed by atoms with van der Waals surface area (Å²) in [7, 11) is 0. The molecule has 3 amide bonds. The van der Waals surface area contributed by atoms with Gasteiger partial charge in [-0.15, -0.1) is 6.58 Å². The summed E-state index contributed by atoms with van der Waals surface area (Å²) >= 11 is 0. The third-order valence-corrected chi connectivity index (χ3v) is 7.09. The lowest BCUT2D eigenvalue weighted by atomic mass is 9.94. The van der Waals surface area contributed by atoms with Crippen LogP contribution in [0.5, 0.6) is 0 Å². The maximum atomic E-state index is 13.3. The van der Waals surface area contributed by atoms with Gasteiger partial charge in [0.2, 0.25) is 0 Å². The first-order chi connectivity index (χ1) is 19.6. The largest absolute Gasteiger partial charge is 0.463 e. The second-order valence-corrected chi connectivity index (χ2v) is 9.77. The molecule has 0 aromatic heterocycles. The first-order valence-corrected chi connectivity index (χ1v) is 13.5. The van der Waals surface area contributed by atoms with E-state index in [-0.39, 0.29) is 37.2 Å². The highest BCUT2D eigenvalue weighted by Gasteiger charge is 2.38. The molecular weight excluding hydrogens is 537 g/mol. The molecule has 0 bridgehead atoms. The Kier molecular flexibility index (Phi) is 9.49. The lowest BCUT2D eigenvalue weighted by Gasteiger charge is -2.38. The molecule has 2 aromatic rings. The third kappa shape index (κ3) is 6.97. The van der Waals surface area contributed by atoms with Crippen molar-refractivity contribution >= 4 is 17.9 Å². The number of carbonyl (C=O) groups excluding carboxylic acids is 3. The molecule has 0 saturated carbocycles. The van der Waals surface area contributed by atoms with Crippen molar-refractivity contribution in [3.63, 3.8) is 0 Å². The number of benzene rings is 2. The summed E-state index contributed by atoms with van der Waals surface area (Å²) in [6.07, 6.45) is -2.29. The zero-order chi connectivity index (χ0) is 29.6. The zero-order valence-electron chi connectivity index (χ0n) is 22.8. The number of carbonyl (C=O) groups is 3. The Labute approximate surface area is 237 Å². The number of alkyl halides is 3. The van der Waals surface area contributed by atoms with E-state index in [1.54, 1.807) is 17.9 Å². The molecule has 0 aliphatic carbocycles. The van der Waals surface area contributed by atoms with Crippen LogP contribution in [-0.4, -0.2) is 78.5 Å². The van der Waals surface area contributed by atoms with Crippen molar-refractivity contribution in [3.05, 3.63) is 95.2 Å². The minimum absolute atomic E-state index is 0.164. The predicted molar refractivity (Wildman–Crippen MR) is 147 cm³/mol. The van der Waals surface area contributed by atoms with Crippen molar-refractivity contribution < 1.29 is 32.3 Å². The zero-order valence-corrected chi connectivity index (χ0v) is 22.8. The highest BCUT2D eigenvalue weighted by molar-refractivity contribution is 5.95. The number of halogens is 3. The predicted octanol–water partition coefficient (Wildman–Crippen LogP) is 4.62. The fourth-order valence-electron chi connectivity index (χ4n) is 5.07. The van der Waals surface area contributed by atoms with Crippen molar-refractivity contribution in [2.75, 3.05) is 45.9 Å². The summed E-state index contributed by atoms with van der Waals surface area (Å²) in [5, 5.41) is 2.93. The first-order valence-electron chi connectivity index (χ1n) is 13.5. The van der Waals surface area contributed by atoms with Crippen molar-refractivity contribution in [3.8, 4) is 0 Å². The molecule has 2 aliphatic rings. The molecule has 1 unspecified atom stereocenters. The van der Waals surface area contributed by atoms with Crippen LogP contribution in [0.3, 0.4) is 0 Å². The van der Waals surface area contributed by atoms with Gasteiger partial charge in [-0.1, -0.05) is 36.4 Å². The summed E-state index contributed by atoms with van der Waals surface area (Å²) in [6, 6.07) is 12.3. The summed E-state index contributed by atoms with van der Waals surface area (Å²) in [5.74, 6) is -0.874. The van der Waals surface area contributed by atoms with Crippen molar-refractivity contribution in [2.24, 2.45) is 0 Å². The fourth-order valence-corrected chi connectivity index (χ4v) is 5.07.